The second kappa shape index (κ2) is 6.23. The molecule has 1 rings (SSSR count). The number of nitrogens with one attached hydrogen (secondary N) is 1. The third-order valence-corrected chi connectivity index (χ3v) is 3.37. The first-order valence-electron chi connectivity index (χ1n) is 7.26. The summed E-state index contributed by atoms with van der Waals surface area (Å²) in [6.07, 6.45) is 1.49. The smallest absolute Gasteiger partial charge is 0.222 e. The molecule has 1 unspecified atom stereocenters. The van der Waals surface area contributed by atoms with E-state index < -0.39 is 0 Å². The van der Waals surface area contributed by atoms with E-state index in [-0.39, 0.29) is 17.0 Å². The predicted molar refractivity (Wildman–Crippen MR) is 78.2 cm³/mol. The number of rotatable bonds is 4. The van der Waals surface area contributed by atoms with Crippen molar-refractivity contribution in [3.8, 4) is 0 Å². The zero-order chi connectivity index (χ0) is 14.7. The first-order valence-corrected chi connectivity index (χ1v) is 7.26. The van der Waals surface area contributed by atoms with Crippen molar-refractivity contribution in [2.45, 2.75) is 71.6 Å². The van der Waals surface area contributed by atoms with Gasteiger partial charge in [-0.2, -0.15) is 0 Å². The minimum Gasteiger partial charge on any atom is -0.375 e. The van der Waals surface area contributed by atoms with Gasteiger partial charge in [-0.05, 0) is 48.0 Å². The van der Waals surface area contributed by atoms with Gasteiger partial charge < -0.3 is 10.1 Å². The van der Waals surface area contributed by atoms with Crippen LogP contribution in [0.25, 0.3) is 0 Å². The third kappa shape index (κ3) is 6.39. The Morgan fingerprint density at radius 2 is 1.89 bits per heavy atom. The second-order valence-electron chi connectivity index (χ2n) is 7.38. The zero-order valence-corrected chi connectivity index (χ0v) is 13.4. The van der Waals surface area contributed by atoms with Crippen molar-refractivity contribution in [2.75, 3.05) is 19.7 Å². The van der Waals surface area contributed by atoms with Crippen molar-refractivity contribution in [2.24, 2.45) is 0 Å². The lowest BCUT2D eigenvalue weighted by Crippen LogP contribution is -2.43. The number of ether oxygens (including phenoxy) is 1. The Morgan fingerprint density at radius 3 is 2.37 bits per heavy atom. The van der Waals surface area contributed by atoms with Crippen molar-refractivity contribution >= 4 is 5.91 Å². The minimum absolute atomic E-state index is 0.102. The van der Waals surface area contributed by atoms with E-state index in [0.717, 1.165) is 19.5 Å². The third-order valence-electron chi connectivity index (χ3n) is 3.37. The predicted octanol–water partition coefficient (Wildman–Crippen LogP) is 2.18. The van der Waals surface area contributed by atoms with Crippen LogP contribution >= 0.6 is 0 Å². The number of amides is 1. The Labute approximate surface area is 117 Å². The number of hydrogen-bond acceptors (Lipinski definition) is 3. The fourth-order valence-corrected chi connectivity index (χ4v) is 2.24. The molecule has 0 radical (unpaired) electrons. The molecule has 1 atom stereocenters. The summed E-state index contributed by atoms with van der Waals surface area (Å²) >= 11 is 0. The van der Waals surface area contributed by atoms with E-state index in [1.54, 1.807) is 0 Å². The molecular formula is C15H30N2O2. The zero-order valence-electron chi connectivity index (χ0n) is 13.4. The number of carbonyl (C=O) groups is 1. The molecule has 0 aromatic carbocycles. The van der Waals surface area contributed by atoms with E-state index in [2.05, 4.69) is 31.0 Å². The van der Waals surface area contributed by atoms with Crippen molar-refractivity contribution in [1.82, 2.24) is 10.2 Å². The Balaban J connectivity index is 2.24. The van der Waals surface area contributed by atoms with Gasteiger partial charge in [0.15, 0.2) is 0 Å². The largest absolute Gasteiger partial charge is 0.375 e. The SMILES string of the molecule is CC(C)(C)OCCC(=O)NC1CCN(C(C)(C)C)C1. The van der Waals surface area contributed by atoms with Crippen molar-refractivity contribution < 1.29 is 9.53 Å². The van der Waals surface area contributed by atoms with Gasteiger partial charge in [-0.15, -0.1) is 0 Å². The Kier molecular flexibility index (Phi) is 5.39. The lowest BCUT2D eigenvalue weighted by Gasteiger charge is -2.31. The van der Waals surface area contributed by atoms with Crippen LogP contribution in [0.1, 0.15) is 54.4 Å². The molecule has 1 heterocycles. The standard InChI is InChI=1S/C15H30N2O2/c1-14(2,3)17-9-7-12(11-17)16-13(18)8-10-19-15(4,5)6/h12H,7-11H2,1-6H3,(H,16,18). The Bertz CT molecular complexity index is 302. The van der Waals surface area contributed by atoms with Gasteiger partial charge in [-0.25, -0.2) is 0 Å². The van der Waals surface area contributed by atoms with Crippen LogP contribution in [0, 0.1) is 0 Å². The maximum Gasteiger partial charge on any atom is 0.222 e. The van der Waals surface area contributed by atoms with Crippen LogP contribution in [0.15, 0.2) is 0 Å². The number of nitrogens with zero attached hydrogens (tertiary/aromatic N) is 1. The van der Waals surface area contributed by atoms with E-state index in [9.17, 15) is 4.79 Å². The van der Waals surface area contributed by atoms with Crippen molar-refractivity contribution in [3.05, 3.63) is 0 Å². The van der Waals surface area contributed by atoms with Gasteiger partial charge >= 0.3 is 0 Å². The number of hydrogen-bond donors (Lipinski definition) is 1. The summed E-state index contributed by atoms with van der Waals surface area (Å²) in [6, 6.07) is 0.293. The molecule has 1 N–H and O–H groups in total. The second-order valence-corrected chi connectivity index (χ2v) is 7.38. The molecule has 0 saturated carbocycles. The van der Waals surface area contributed by atoms with Crippen molar-refractivity contribution in [1.29, 1.82) is 0 Å². The first-order chi connectivity index (χ1) is 8.58. The highest BCUT2D eigenvalue weighted by Crippen LogP contribution is 2.20. The van der Waals surface area contributed by atoms with Gasteiger partial charge in [0.05, 0.1) is 12.2 Å². The molecule has 0 aliphatic carbocycles. The lowest BCUT2D eigenvalue weighted by molar-refractivity contribution is -0.124. The van der Waals surface area contributed by atoms with E-state index in [1.807, 2.05) is 20.8 Å². The summed E-state index contributed by atoms with van der Waals surface area (Å²) in [7, 11) is 0. The lowest BCUT2D eigenvalue weighted by atomic mass is 10.1. The fraction of sp³-hybridized carbons (Fsp3) is 0.933. The number of likely N-dealkylation sites (tertiary alicyclic amines) is 1. The fourth-order valence-electron chi connectivity index (χ4n) is 2.24. The molecule has 4 heteroatoms. The molecule has 1 fully saturated rings. The summed E-state index contributed by atoms with van der Waals surface area (Å²) in [6.45, 7) is 15.2. The minimum atomic E-state index is -0.170. The Hall–Kier alpha value is -0.610. The molecule has 1 amide bonds. The molecular weight excluding hydrogens is 240 g/mol. The number of carbonyl (C=O) groups excluding carboxylic acids is 1. The van der Waals surface area contributed by atoms with Crippen LogP contribution in [-0.2, 0) is 9.53 Å². The van der Waals surface area contributed by atoms with Gasteiger partial charge in [0.1, 0.15) is 0 Å². The van der Waals surface area contributed by atoms with Gasteiger partial charge in [0, 0.05) is 31.1 Å². The molecule has 1 aliphatic rings. The van der Waals surface area contributed by atoms with Crippen LogP contribution in [0.4, 0.5) is 0 Å². The van der Waals surface area contributed by atoms with Crippen molar-refractivity contribution in [3.63, 3.8) is 0 Å². The van der Waals surface area contributed by atoms with Gasteiger partial charge in [-0.3, -0.25) is 9.69 Å². The van der Waals surface area contributed by atoms with E-state index in [4.69, 9.17) is 4.74 Å². The van der Waals surface area contributed by atoms with E-state index >= 15 is 0 Å². The summed E-state index contributed by atoms with van der Waals surface area (Å²) in [4.78, 5) is 14.3. The van der Waals surface area contributed by atoms with Crippen LogP contribution < -0.4 is 5.32 Å². The highest BCUT2D eigenvalue weighted by atomic mass is 16.5. The summed E-state index contributed by atoms with van der Waals surface area (Å²) in [5, 5.41) is 3.11. The average molecular weight is 270 g/mol. The van der Waals surface area contributed by atoms with Gasteiger partial charge in [0.2, 0.25) is 5.91 Å². The molecule has 112 valence electrons. The van der Waals surface area contributed by atoms with Crippen LogP contribution in [0.3, 0.4) is 0 Å². The highest BCUT2D eigenvalue weighted by molar-refractivity contribution is 5.76. The quantitative estimate of drug-likeness (QED) is 0.851. The summed E-state index contributed by atoms with van der Waals surface area (Å²) in [5.41, 5.74) is 0.0193. The molecule has 4 nitrogen and oxygen atoms in total. The van der Waals surface area contributed by atoms with E-state index in [1.165, 1.54) is 0 Å². The molecule has 19 heavy (non-hydrogen) atoms. The molecule has 0 bridgehead atoms. The summed E-state index contributed by atoms with van der Waals surface area (Å²) < 4.78 is 5.57. The highest BCUT2D eigenvalue weighted by Gasteiger charge is 2.30. The molecule has 1 saturated heterocycles. The van der Waals surface area contributed by atoms with Crippen LogP contribution in [0.2, 0.25) is 0 Å². The monoisotopic (exact) mass is 270 g/mol. The van der Waals surface area contributed by atoms with Crippen LogP contribution in [0.5, 0.6) is 0 Å². The average Bonchev–Trinajstić information content (AvgIpc) is 2.63. The Morgan fingerprint density at radius 1 is 1.26 bits per heavy atom. The topological polar surface area (TPSA) is 41.6 Å². The van der Waals surface area contributed by atoms with E-state index in [0.29, 0.717) is 19.1 Å². The molecule has 1 aliphatic heterocycles. The maximum atomic E-state index is 11.8. The van der Waals surface area contributed by atoms with Crippen LogP contribution in [-0.4, -0.2) is 47.7 Å². The first kappa shape index (κ1) is 16.4. The molecule has 0 aromatic heterocycles. The summed E-state index contributed by atoms with van der Waals surface area (Å²) in [5.74, 6) is 0.102. The molecule has 0 aromatic rings. The normalized spacial score (nSPS) is 21.7. The molecule has 0 spiro atoms. The van der Waals surface area contributed by atoms with Gasteiger partial charge in [0.25, 0.3) is 0 Å². The maximum absolute atomic E-state index is 11.8. The van der Waals surface area contributed by atoms with Gasteiger partial charge in [-0.1, -0.05) is 0 Å².